The molecule has 4 rings (SSSR count). The predicted molar refractivity (Wildman–Crippen MR) is 154 cm³/mol. The lowest BCUT2D eigenvalue weighted by molar-refractivity contribution is -0.192. The van der Waals surface area contributed by atoms with Crippen molar-refractivity contribution in [3.05, 3.63) is 42.0 Å². The summed E-state index contributed by atoms with van der Waals surface area (Å²) in [6.07, 6.45) is -4.18. The highest BCUT2D eigenvalue weighted by atomic mass is 32.2. The molecule has 1 amide bonds. The summed E-state index contributed by atoms with van der Waals surface area (Å²) in [5.74, 6) is -2.09. The first-order chi connectivity index (χ1) is 20.3. The second-order valence-electron chi connectivity index (χ2n) is 9.84. The van der Waals surface area contributed by atoms with E-state index < -0.39 is 22.2 Å². The third-order valence-corrected chi connectivity index (χ3v) is 8.22. The minimum atomic E-state index is -5.08. The Labute approximate surface area is 248 Å². The molecule has 2 saturated heterocycles. The van der Waals surface area contributed by atoms with E-state index in [1.165, 1.54) is 26.4 Å². The van der Waals surface area contributed by atoms with E-state index in [9.17, 15) is 26.4 Å². The van der Waals surface area contributed by atoms with Gasteiger partial charge >= 0.3 is 12.1 Å². The lowest BCUT2D eigenvalue weighted by Crippen LogP contribution is -2.43. The van der Waals surface area contributed by atoms with Crippen LogP contribution in [-0.4, -0.2) is 115 Å². The molecule has 0 atom stereocenters. The highest BCUT2D eigenvalue weighted by Crippen LogP contribution is 2.33. The number of nitrogens with one attached hydrogen (secondary N) is 2. The van der Waals surface area contributed by atoms with Crippen LogP contribution in [0.5, 0.6) is 11.5 Å². The molecule has 2 aromatic carbocycles. The summed E-state index contributed by atoms with van der Waals surface area (Å²) in [7, 11) is 1.03. The standard InChI is InChI=1S/C25H35N5O5S.C2HF3O2/c1-28-11-4-12-30(16-15-28)25(31)19-5-7-22(29-13-9-26-10-14-29)21(17-19)27-36(32,33)20-6-8-23(34-2)24(18-20)35-3;3-2(4,5)1(6)7/h5-8,17-18,26-27H,4,9-16H2,1-3H3;(H,6,7). The van der Waals surface area contributed by atoms with Gasteiger partial charge in [-0.15, -0.1) is 0 Å². The van der Waals surface area contributed by atoms with Gasteiger partial charge in [0, 0.05) is 57.4 Å². The number of sulfonamides is 1. The van der Waals surface area contributed by atoms with Crippen LogP contribution in [0.25, 0.3) is 0 Å². The van der Waals surface area contributed by atoms with Gasteiger partial charge in [0.1, 0.15) is 0 Å². The fraction of sp³-hybridized carbons (Fsp3) is 0.481. The van der Waals surface area contributed by atoms with Crippen LogP contribution < -0.4 is 24.4 Å². The molecule has 43 heavy (non-hydrogen) atoms. The number of aliphatic carboxylic acids is 1. The molecule has 3 N–H and O–H groups in total. The highest BCUT2D eigenvalue weighted by molar-refractivity contribution is 7.92. The number of carboxylic acid groups (broad SMARTS) is 1. The first kappa shape index (κ1) is 33.7. The van der Waals surface area contributed by atoms with Crippen molar-refractivity contribution in [1.82, 2.24) is 15.1 Å². The third kappa shape index (κ3) is 9.11. The minimum absolute atomic E-state index is 0.0405. The molecule has 2 aliphatic heterocycles. The van der Waals surface area contributed by atoms with E-state index in [4.69, 9.17) is 19.4 Å². The number of benzene rings is 2. The number of likely N-dealkylation sites (N-methyl/N-ethyl adjacent to an activating group) is 1. The van der Waals surface area contributed by atoms with E-state index in [1.807, 2.05) is 11.0 Å². The zero-order valence-corrected chi connectivity index (χ0v) is 24.9. The topological polar surface area (TPSA) is 141 Å². The van der Waals surface area contributed by atoms with Crippen molar-refractivity contribution in [2.75, 3.05) is 83.2 Å². The molecule has 0 aromatic heterocycles. The Morgan fingerprint density at radius 2 is 1.58 bits per heavy atom. The molecular weight excluding hydrogens is 595 g/mol. The van der Waals surface area contributed by atoms with Crippen molar-refractivity contribution in [3.63, 3.8) is 0 Å². The first-order valence-electron chi connectivity index (χ1n) is 13.4. The molecule has 2 fully saturated rings. The number of carbonyl (C=O) groups excluding carboxylic acids is 1. The maximum atomic E-state index is 13.4. The molecule has 2 aromatic rings. The Morgan fingerprint density at radius 3 is 2.19 bits per heavy atom. The van der Waals surface area contributed by atoms with Gasteiger partial charge in [-0.2, -0.15) is 13.2 Å². The third-order valence-electron chi connectivity index (χ3n) is 6.86. The number of hydrogen-bond acceptors (Lipinski definition) is 9. The summed E-state index contributed by atoms with van der Waals surface area (Å²) < 4.78 is 71.9. The summed E-state index contributed by atoms with van der Waals surface area (Å²) in [5.41, 5.74) is 1.58. The molecule has 0 radical (unpaired) electrons. The smallest absolute Gasteiger partial charge is 0.490 e. The van der Waals surface area contributed by atoms with Crippen LogP contribution in [-0.2, 0) is 14.8 Å². The number of piperazine rings is 1. The van der Waals surface area contributed by atoms with Crippen LogP contribution in [0.2, 0.25) is 0 Å². The molecule has 0 spiro atoms. The maximum Gasteiger partial charge on any atom is 0.490 e. The molecular formula is C27H36F3N5O7S. The van der Waals surface area contributed by atoms with Gasteiger partial charge < -0.3 is 34.6 Å². The molecule has 238 valence electrons. The summed E-state index contributed by atoms with van der Waals surface area (Å²) >= 11 is 0. The quantitative estimate of drug-likeness (QED) is 0.417. The number of rotatable bonds is 7. The van der Waals surface area contributed by atoms with Gasteiger partial charge in [-0.3, -0.25) is 9.52 Å². The largest absolute Gasteiger partial charge is 0.493 e. The van der Waals surface area contributed by atoms with E-state index in [0.29, 0.717) is 35.8 Å². The van der Waals surface area contributed by atoms with Crippen LogP contribution in [0.3, 0.4) is 0 Å². The number of methoxy groups -OCH3 is 2. The van der Waals surface area contributed by atoms with Crippen molar-refractivity contribution < 1.29 is 45.8 Å². The van der Waals surface area contributed by atoms with Crippen molar-refractivity contribution in [3.8, 4) is 11.5 Å². The Kier molecular flexibility index (Phi) is 11.5. The molecule has 2 heterocycles. The Hall–Kier alpha value is -3.76. The van der Waals surface area contributed by atoms with E-state index in [-0.39, 0.29) is 10.8 Å². The second-order valence-corrected chi connectivity index (χ2v) is 11.5. The van der Waals surface area contributed by atoms with E-state index in [2.05, 4.69) is 26.9 Å². The average molecular weight is 632 g/mol. The number of carboxylic acids is 1. The van der Waals surface area contributed by atoms with Gasteiger partial charge in [0.2, 0.25) is 0 Å². The van der Waals surface area contributed by atoms with Gasteiger partial charge in [0.15, 0.2) is 11.5 Å². The van der Waals surface area contributed by atoms with E-state index >= 15 is 0 Å². The van der Waals surface area contributed by atoms with Gasteiger partial charge in [-0.25, -0.2) is 13.2 Å². The van der Waals surface area contributed by atoms with E-state index in [1.54, 1.807) is 18.2 Å². The van der Waals surface area contributed by atoms with Crippen LogP contribution in [0.1, 0.15) is 16.8 Å². The van der Waals surface area contributed by atoms with Crippen molar-refractivity contribution in [2.24, 2.45) is 0 Å². The second kappa shape index (κ2) is 14.6. The summed E-state index contributed by atoms with van der Waals surface area (Å²) in [5, 5.41) is 10.4. The SMILES string of the molecule is COc1ccc(S(=O)(=O)Nc2cc(C(=O)N3CCCN(C)CC3)ccc2N2CCNCC2)cc1OC.O=C(O)C(F)(F)F. The Balaban J connectivity index is 0.000000646. The fourth-order valence-electron chi connectivity index (χ4n) is 4.55. The van der Waals surface area contributed by atoms with Crippen LogP contribution in [0.15, 0.2) is 41.3 Å². The Bertz CT molecular complexity index is 1390. The molecule has 16 heteroatoms. The van der Waals surface area contributed by atoms with Gasteiger partial charge in [0.25, 0.3) is 15.9 Å². The van der Waals surface area contributed by atoms with Crippen molar-refractivity contribution >= 4 is 33.3 Å². The van der Waals surface area contributed by atoms with Gasteiger partial charge in [-0.1, -0.05) is 0 Å². The number of nitrogens with zero attached hydrogens (tertiary/aromatic N) is 3. The zero-order valence-electron chi connectivity index (χ0n) is 24.1. The van der Waals surface area contributed by atoms with E-state index in [0.717, 1.165) is 51.4 Å². The summed E-state index contributed by atoms with van der Waals surface area (Å²) in [6, 6.07) is 9.75. The number of carbonyl (C=O) groups is 2. The Morgan fingerprint density at radius 1 is 0.930 bits per heavy atom. The lowest BCUT2D eigenvalue weighted by Gasteiger charge is -2.31. The predicted octanol–water partition coefficient (Wildman–Crippen LogP) is 2.33. The zero-order chi connectivity index (χ0) is 31.8. The normalized spacial score (nSPS) is 16.4. The number of alkyl halides is 3. The van der Waals surface area contributed by atoms with Crippen LogP contribution >= 0.6 is 0 Å². The average Bonchev–Trinajstić information content (AvgIpc) is 3.20. The van der Waals surface area contributed by atoms with Crippen molar-refractivity contribution in [2.45, 2.75) is 17.5 Å². The number of ether oxygens (including phenoxy) is 2. The summed E-state index contributed by atoms with van der Waals surface area (Å²) in [6.45, 7) is 6.13. The minimum Gasteiger partial charge on any atom is -0.493 e. The molecule has 0 aliphatic carbocycles. The van der Waals surface area contributed by atoms with Gasteiger partial charge in [0.05, 0.1) is 30.5 Å². The highest BCUT2D eigenvalue weighted by Gasteiger charge is 2.38. The monoisotopic (exact) mass is 631 g/mol. The summed E-state index contributed by atoms with van der Waals surface area (Å²) in [4.78, 5) is 28.5. The van der Waals surface area contributed by atoms with Gasteiger partial charge in [-0.05, 0) is 50.3 Å². The molecule has 0 unspecified atom stereocenters. The van der Waals surface area contributed by atoms with Crippen LogP contribution in [0, 0.1) is 0 Å². The van der Waals surface area contributed by atoms with Crippen LogP contribution in [0.4, 0.5) is 24.5 Å². The van der Waals surface area contributed by atoms with Crippen molar-refractivity contribution in [1.29, 1.82) is 0 Å². The number of anilines is 2. The molecule has 2 aliphatic rings. The molecule has 0 saturated carbocycles. The molecule has 0 bridgehead atoms. The fourth-order valence-corrected chi connectivity index (χ4v) is 5.63. The molecule has 12 nitrogen and oxygen atoms in total. The number of amides is 1. The number of hydrogen-bond donors (Lipinski definition) is 3. The lowest BCUT2D eigenvalue weighted by atomic mass is 10.1. The number of halogens is 3. The maximum absolute atomic E-state index is 13.4. The first-order valence-corrected chi connectivity index (χ1v) is 14.9.